The fourth-order valence-electron chi connectivity index (χ4n) is 3.15. The average Bonchev–Trinajstić information content (AvgIpc) is 3.17. The van der Waals surface area contributed by atoms with E-state index < -0.39 is 53.5 Å². The van der Waals surface area contributed by atoms with Crippen molar-refractivity contribution in [3.8, 4) is 5.75 Å². The first-order chi connectivity index (χ1) is 16.1. The van der Waals surface area contributed by atoms with Crippen LogP contribution < -0.4 is 15.6 Å². The number of rotatable bonds is 9. The number of nitrogens with zero attached hydrogens (tertiary/aromatic N) is 1. The minimum Gasteiger partial charge on any atom is -0.494 e. The Labute approximate surface area is 196 Å². The quantitative estimate of drug-likeness (QED) is 0.414. The first-order valence-corrected chi connectivity index (χ1v) is 10.2. The van der Waals surface area contributed by atoms with Crippen molar-refractivity contribution in [2.75, 3.05) is 7.11 Å². The lowest BCUT2D eigenvalue weighted by Gasteiger charge is -2.21. The first kappa shape index (κ1) is 24.9. The van der Waals surface area contributed by atoms with E-state index in [1.54, 1.807) is 24.3 Å². The van der Waals surface area contributed by atoms with Gasteiger partial charge >= 0.3 is 5.97 Å². The average molecular weight is 497 g/mol. The topological polar surface area (TPSA) is 131 Å². The van der Waals surface area contributed by atoms with E-state index in [1.807, 2.05) is 0 Å². The van der Waals surface area contributed by atoms with Gasteiger partial charge in [-0.1, -0.05) is 35.9 Å². The maximum atomic E-state index is 14.2. The fraction of sp³-hybridized carbons (Fsp3) is 0.227. The largest absolute Gasteiger partial charge is 0.494 e. The van der Waals surface area contributed by atoms with Gasteiger partial charge in [0.1, 0.15) is 0 Å². The summed E-state index contributed by atoms with van der Waals surface area (Å²) in [6, 6.07) is 8.28. The van der Waals surface area contributed by atoms with Crippen LogP contribution in [0, 0.1) is 11.6 Å². The Morgan fingerprint density at radius 3 is 2.53 bits per heavy atom. The number of carboxylic acid groups (broad SMARTS) is 1. The highest BCUT2D eigenvalue weighted by Crippen LogP contribution is 2.23. The van der Waals surface area contributed by atoms with Gasteiger partial charge in [0.05, 0.1) is 25.8 Å². The summed E-state index contributed by atoms with van der Waals surface area (Å²) in [5, 5.41) is 21.8. The lowest BCUT2D eigenvalue weighted by atomic mass is 10.0. The van der Waals surface area contributed by atoms with Crippen molar-refractivity contribution in [3.05, 3.63) is 86.4 Å². The van der Waals surface area contributed by atoms with Crippen molar-refractivity contribution in [1.82, 2.24) is 10.1 Å². The highest BCUT2D eigenvalue weighted by Gasteiger charge is 2.30. The van der Waals surface area contributed by atoms with Gasteiger partial charge in [-0.15, -0.1) is 0 Å². The van der Waals surface area contributed by atoms with E-state index in [-0.39, 0.29) is 17.7 Å². The highest BCUT2D eigenvalue weighted by molar-refractivity contribution is 6.31. The molecular formula is C22H19ClF2N2O7. The molecule has 0 bridgehead atoms. The molecule has 34 heavy (non-hydrogen) atoms. The molecule has 12 heteroatoms. The Balaban J connectivity index is 1.82. The van der Waals surface area contributed by atoms with E-state index in [2.05, 4.69) is 10.1 Å². The summed E-state index contributed by atoms with van der Waals surface area (Å²) in [5.41, 5.74) is -0.604. The van der Waals surface area contributed by atoms with Gasteiger partial charge < -0.3 is 24.8 Å². The van der Waals surface area contributed by atoms with Crippen molar-refractivity contribution in [1.29, 1.82) is 0 Å². The molecule has 3 rings (SSSR count). The zero-order chi connectivity index (χ0) is 25.0. The minimum atomic E-state index is -1.99. The van der Waals surface area contributed by atoms with Crippen molar-refractivity contribution in [2.24, 2.45) is 0 Å². The predicted molar refractivity (Wildman–Crippen MR) is 115 cm³/mol. The number of hydrogen-bond donors (Lipinski definition) is 3. The Kier molecular flexibility index (Phi) is 7.69. The van der Waals surface area contributed by atoms with Gasteiger partial charge in [0, 0.05) is 10.6 Å². The molecule has 0 saturated heterocycles. The number of halogens is 3. The predicted octanol–water partition coefficient (Wildman–Crippen LogP) is 2.22. The summed E-state index contributed by atoms with van der Waals surface area (Å²) in [6.07, 6.45) is -2.13. The first-order valence-electron chi connectivity index (χ1n) is 9.79. The lowest BCUT2D eigenvalue weighted by Crippen LogP contribution is -2.48. The number of nitrogens with one attached hydrogen (secondary N) is 1. The van der Waals surface area contributed by atoms with E-state index >= 15 is 0 Å². The molecule has 3 aromatic rings. The van der Waals surface area contributed by atoms with Crippen LogP contribution in [0.1, 0.15) is 21.7 Å². The summed E-state index contributed by atoms with van der Waals surface area (Å²) in [4.78, 5) is 36.2. The molecule has 0 spiro atoms. The van der Waals surface area contributed by atoms with Gasteiger partial charge in [0.25, 0.3) is 11.5 Å². The molecule has 2 atom stereocenters. The third-order valence-corrected chi connectivity index (χ3v) is 5.31. The number of carbonyl (C=O) groups excluding carboxylic acids is 1. The van der Waals surface area contributed by atoms with E-state index in [0.717, 1.165) is 6.07 Å². The molecule has 1 amide bonds. The molecule has 180 valence electrons. The summed E-state index contributed by atoms with van der Waals surface area (Å²) >= 11 is 6.08. The van der Waals surface area contributed by atoms with Crippen LogP contribution in [0.2, 0.25) is 5.02 Å². The van der Waals surface area contributed by atoms with E-state index in [1.165, 1.54) is 19.2 Å². The second-order valence-corrected chi connectivity index (χ2v) is 7.60. The van der Waals surface area contributed by atoms with Crippen molar-refractivity contribution >= 4 is 23.5 Å². The molecule has 0 aliphatic heterocycles. The number of hydrogen-bond acceptors (Lipinski definition) is 6. The number of aliphatic hydroxyl groups is 1. The Morgan fingerprint density at radius 1 is 1.18 bits per heavy atom. The molecule has 2 aromatic carbocycles. The fourth-order valence-corrected chi connectivity index (χ4v) is 3.36. The Bertz CT molecular complexity index is 1270. The summed E-state index contributed by atoms with van der Waals surface area (Å²) < 4.78 is 38.6. The van der Waals surface area contributed by atoms with Crippen molar-refractivity contribution < 1.29 is 37.8 Å². The molecule has 0 saturated carbocycles. The van der Waals surface area contributed by atoms with Crippen molar-refractivity contribution in [2.45, 2.75) is 25.1 Å². The van der Waals surface area contributed by atoms with Crippen LogP contribution >= 0.6 is 11.6 Å². The van der Waals surface area contributed by atoms with E-state index in [9.17, 15) is 33.4 Å². The molecule has 0 radical (unpaired) electrons. The molecule has 2 unspecified atom stereocenters. The van der Waals surface area contributed by atoms with Crippen LogP contribution in [-0.4, -0.2) is 46.1 Å². The zero-order valence-electron chi connectivity index (χ0n) is 17.6. The number of amides is 1. The van der Waals surface area contributed by atoms with Crippen molar-refractivity contribution in [3.63, 3.8) is 0 Å². The maximum Gasteiger partial charge on any atom is 0.334 e. The third kappa shape index (κ3) is 5.43. The number of aromatic nitrogens is 1. The number of carboxylic acids is 1. The molecule has 9 nitrogen and oxygen atoms in total. The van der Waals surface area contributed by atoms with Gasteiger partial charge in [0.2, 0.25) is 11.6 Å². The number of methoxy groups -OCH3 is 1. The van der Waals surface area contributed by atoms with Gasteiger partial charge in [-0.2, -0.15) is 9.13 Å². The molecule has 0 aliphatic rings. The van der Waals surface area contributed by atoms with E-state index in [4.69, 9.17) is 16.1 Å². The zero-order valence-corrected chi connectivity index (χ0v) is 18.4. The van der Waals surface area contributed by atoms with Crippen LogP contribution in [0.15, 0.2) is 51.8 Å². The summed E-state index contributed by atoms with van der Waals surface area (Å²) in [6.45, 7) is -0.528. The van der Waals surface area contributed by atoms with E-state index in [0.29, 0.717) is 15.3 Å². The second-order valence-electron chi connectivity index (χ2n) is 7.19. The highest BCUT2D eigenvalue weighted by atomic mass is 35.5. The van der Waals surface area contributed by atoms with Gasteiger partial charge in [0.15, 0.2) is 17.7 Å². The summed E-state index contributed by atoms with van der Waals surface area (Å²) in [7, 11) is 1.17. The third-order valence-electron chi connectivity index (χ3n) is 4.94. The van der Waals surface area contributed by atoms with Crippen LogP contribution in [0.25, 0.3) is 0 Å². The van der Waals surface area contributed by atoms with Crippen LogP contribution in [0.4, 0.5) is 8.78 Å². The van der Waals surface area contributed by atoms with Gasteiger partial charge in [-0.25, -0.2) is 9.18 Å². The van der Waals surface area contributed by atoms with Crippen LogP contribution in [0.5, 0.6) is 5.75 Å². The molecule has 3 N–H and O–H groups in total. The molecule has 0 aliphatic carbocycles. The molecule has 1 aromatic heterocycles. The number of benzene rings is 2. The molecule has 0 fully saturated rings. The SMILES string of the molecule is COc1ccc(Cn2oc(C(=O)NC(Cc3ccccc3Cl)C(O)C(=O)O)cc2=O)c(F)c1F. The standard InChI is InChI=1S/C22H19ClF2N2O7/c1-33-15-7-6-12(18(24)19(15)25)10-27-17(28)9-16(34-27)21(30)26-14(20(29)22(31)32)8-11-4-2-3-5-13(11)23/h2-7,9,14,20,29H,8,10H2,1H3,(H,26,30)(H,31,32). The monoisotopic (exact) mass is 496 g/mol. The van der Waals surface area contributed by atoms with Gasteiger partial charge in [-0.05, 0) is 24.1 Å². The lowest BCUT2D eigenvalue weighted by molar-refractivity contribution is -0.148. The van der Waals surface area contributed by atoms with Crippen LogP contribution in [-0.2, 0) is 17.8 Å². The number of aliphatic hydroxyl groups excluding tert-OH is 1. The Morgan fingerprint density at radius 2 is 1.88 bits per heavy atom. The minimum absolute atomic E-state index is 0.139. The summed E-state index contributed by atoms with van der Waals surface area (Å²) in [5.74, 6) is -5.94. The molecular weight excluding hydrogens is 478 g/mol. The molecule has 1 heterocycles. The number of aliphatic carboxylic acids is 1. The number of carbonyl (C=O) groups is 2. The Hall–Kier alpha value is -3.70. The maximum absolute atomic E-state index is 14.2. The number of ether oxygens (including phenoxy) is 1. The van der Waals surface area contributed by atoms with Crippen LogP contribution in [0.3, 0.4) is 0 Å². The van der Waals surface area contributed by atoms with Gasteiger partial charge in [-0.3, -0.25) is 9.59 Å². The smallest absolute Gasteiger partial charge is 0.334 e. The second kappa shape index (κ2) is 10.5. The normalized spacial score (nSPS) is 12.7.